The molecule has 0 N–H and O–H groups in total. The van der Waals surface area contributed by atoms with E-state index in [1.54, 1.807) is 24.8 Å². The molecule has 0 aliphatic heterocycles. The van der Waals surface area contributed by atoms with Crippen LogP contribution in [0.15, 0.2) is 17.3 Å². The van der Waals surface area contributed by atoms with E-state index >= 15 is 0 Å². The van der Waals surface area contributed by atoms with Gasteiger partial charge in [0.05, 0.1) is 9.95 Å². The molecule has 0 saturated heterocycles. The molecule has 0 bridgehead atoms. The van der Waals surface area contributed by atoms with Gasteiger partial charge in [0.25, 0.3) is 5.69 Å². The predicted molar refractivity (Wildman–Crippen MR) is 66.3 cm³/mol. The third kappa shape index (κ3) is 3.64. The zero-order valence-electron chi connectivity index (χ0n) is 9.14. The Morgan fingerprint density at radius 2 is 2.38 bits per heavy atom. The fourth-order valence-electron chi connectivity index (χ4n) is 1.20. The van der Waals surface area contributed by atoms with Gasteiger partial charge < -0.3 is 0 Å². The first-order valence-electron chi connectivity index (χ1n) is 4.88. The molecule has 4 nitrogen and oxygen atoms in total. The highest BCUT2D eigenvalue weighted by molar-refractivity contribution is 7.99. The number of hydrogen-bond donors (Lipinski definition) is 0. The van der Waals surface area contributed by atoms with Crippen LogP contribution in [0.4, 0.5) is 5.69 Å². The molecule has 1 heterocycles. The smallest absolute Gasteiger partial charge is 0.258 e. The summed E-state index contributed by atoms with van der Waals surface area (Å²) in [7, 11) is 0. The number of hydrogen-bond acceptors (Lipinski definition) is 4. The van der Waals surface area contributed by atoms with Crippen molar-refractivity contribution in [2.24, 2.45) is 0 Å². The summed E-state index contributed by atoms with van der Waals surface area (Å²) in [4.78, 5) is 14.2. The Kier molecular flexibility index (Phi) is 5.02. The minimum absolute atomic E-state index is 0.0642. The van der Waals surface area contributed by atoms with Crippen LogP contribution in [-0.2, 0) is 0 Å². The predicted octanol–water partition coefficient (Wildman–Crippen LogP) is 3.41. The summed E-state index contributed by atoms with van der Waals surface area (Å²) in [6.45, 7) is 3.78. The minimum atomic E-state index is -0.418. The molecule has 0 amide bonds. The summed E-state index contributed by atoms with van der Waals surface area (Å²) in [6.07, 6.45) is 2.20. The maximum absolute atomic E-state index is 10.6. The van der Waals surface area contributed by atoms with Gasteiger partial charge in [-0.1, -0.05) is 6.92 Å². The molecule has 6 heteroatoms. The molecule has 0 fully saturated rings. The molecule has 1 aromatic rings. The molecular weight excluding hydrogens is 248 g/mol. The van der Waals surface area contributed by atoms with E-state index in [9.17, 15) is 10.1 Å². The SMILES string of the molecule is Cc1cc(SC(C)CCCl)ncc1[N+](=O)[O-]. The van der Waals surface area contributed by atoms with Crippen molar-refractivity contribution >= 4 is 29.1 Å². The van der Waals surface area contributed by atoms with Gasteiger partial charge in [-0.05, 0) is 19.4 Å². The molecule has 0 radical (unpaired) electrons. The highest BCUT2D eigenvalue weighted by Crippen LogP contribution is 2.27. The summed E-state index contributed by atoms with van der Waals surface area (Å²) in [5, 5.41) is 11.8. The zero-order chi connectivity index (χ0) is 12.1. The molecule has 1 unspecified atom stereocenters. The molecule has 88 valence electrons. The number of aromatic nitrogens is 1. The van der Waals surface area contributed by atoms with Crippen molar-refractivity contribution in [1.29, 1.82) is 0 Å². The first kappa shape index (κ1) is 13.3. The van der Waals surface area contributed by atoms with E-state index in [-0.39, 0.29) is 5.69 Å². The van der Waals surface area contributed by atoms with Crippen LogP contribution in [0, 0.1) is 17.0 Å². The van der Waals surface area contributed by atoms with E-state index in [0.29, 0.717) is 16.7 Å². The molecule has 1 rings (SSSR count). The average molecular weight is 261 g/mol. The Morgan fingerprint density at radius 1 is 1.69 bits per heavy atom. The second-order valence-electron chi connectivity index (χ2n) is 3.47. The van der Waals surface area contributed by atoms with E-state index in [2.05, 4.69) is 11.9 Å². The van der Waals surface area contributed by atoms with Gasteiger partial charge in [-0.3, -0.25) is 10.1 Å². The van der Waals surface area contributed by atoms with Gasteiger partial charge in [-0.15, -0.1) is 23.4 Å². The molecule has 0 spiro atoms. The molecule has 0 saturated carbocycles. The standard InChI is InChI=1S/C10H13ClN2O2S/c1-7-5-10(16-8(2)3-4-11)12-6-9(7)13(14)15/h5-6,8H,3-4H2,1-2H3. The molecule has 1 aromatic heterocycles. The molecule has 16 heavy (non-hydrogen) atoms. The van der Waals surface area contributed by atoms with Crippen molar-refractivity contribution in [3.8, 4) is 0 Å². The van der Waals surface area contributed by atoms with E-state index in [1.807, 2.05) is 0 Å². The van der Waals surface area contributed by atoms with Crippen LogP contribution in [0.2, 0.25) is 0 Å². The molecule has 0 aliphatic rings. The Morgan fingerprint density at radius 3 is 2.88 bits per heavy atom. The van der Waals surface area contributed by atoms with Gasteiger partial charge in [0, 0.05) is 16.7 Å². The lowest BCUT2D eigenvalue weighted by Crippen LogP contribution is -1.99. The number of rotatable bonds is 5. The first-order valence-corrected chi connectivity index (χ1v) is 6.29. The number of aryl methyl sites for hydroxylation is 1. The van der Waals surface area contributed by atoms with Gasteiger partial charge in [-0.2, -0.15) is 0 Å². The van der Waals surface area contributed by atoms with Crippen molar-refractivity contribution in [1.82, 2.24) is 4.98 Å². The molecular formula is C10H13ClN2O2S. The van der Waals surface area contributed by atoms with Crippen molar-refractivity contribution in [3.05, 3.63) is 27.9 Å². The molecule has 0 aromatic carbocycles. The van der Waals surface area contributed by atoms with E-state index in [0.717, 1.165) is 11.4 Å². The van der Waals surface area contributed by atoms with Crippen molar-refractivity contribution < 1.29 is 4.92 Å². The largest absolute Gasteiger partial charge is 0.290 e. The fourth-order valence-corrected chi connectivity index (χ4v) is 2.66. The van der Waals surface area contributed by atoms with Crippen molar-refractivity contribution in [2.45, 2.75) is 30.5 Å². The number of nitro groups is 1. The summed E-state index contributed by atoms with van der Waals surface area (Å²) >= 11 is 7.22. The fraction of sp³-hybridized carbons (Fsp3) is 0.500. The topological polar surface area (TPSA) is 56.0 Å². The van der Waals surface area contributed by atoms with Crippen LogP contribution in [-0.4, -0.2) is 21.0 Å². The number of thioether (sulfide) groups is 1. The lowest BCUT2D eigenvalue weighted by molar-refractivity contribution is -0.385. The average Bonchev–Trinajstić information content (AvgIpc) is 2.17. The number of pyridine rings is 1. The summed E-state index contributed by atoms with van der Waals surface area (Å²) in [5.41, 5.74) is 0.704. The summed E-state index contributed by atoms with van der Waals surface area (Å²) in [6, 6.07) is 1.74. The number of alkyl halides is 1. The van der Waals surface area contributed by atoms with Gasteiger partial charge in [-0.25, -0.2) is 4.98 Å². The van der Waals surface area contributed by atoms with Crippen LogP contribution in [0.1, 0.15) is 18.9 Å². The quantitative estimate of drug-likeness (QED) is 0.352. The Labute approximate surface area is 104 Å². The maximum Gasteiger partial charge on any atom is 0.290 e. The van der Waals surface area contributed by atoms with Crippen LogP contribution in [0.25, 0.3) is 0 Å². The minimum Gasteiger partial charge on any atom is -0.258 e. The van der Waals surface area contributed by atoms with Gasteiger partial charge in [0.2, 0.25) is 0 Å². The van der Waals surface area contributed by atoms with Crippen LogP contribution in [0.3, 0.4) is 0 Å². The zero-order valence-corrected chi connectivity index (χ0v) is 10.7. The number of nitrogens with zero attached hydrogens (tertiary/aromatic N) is 2. The Bertz CT molecular complexity index is 387. The third-order valence-corrected chi connectivity index (χ3v) is 3.41. The normalized spacial score (nSPS) is 12.4. The van der Waals surface area contributed by atoms with E-state index in [1.165, 1.54) is 6.20 Å². The monoisotopic (exact) mass is 260 g/mol. The lowest BCUT2D eigenvalue weighted by atomic mass is 10.3. The summed E-state index contributed by atoms with van der Waals surface area (Å²) < 4.78 is 0. The van der Waals surface area contributed by atoms with Crippen LogP contribution >= 0.6 is 23.4 Å². The maximum atomic E-state index is 10.6. The summed E-state index contributed by atoms with van der Waals surface area (Å²) in [5.74, 6) is 0.611. The van der Waals surface area contributed by atoms with Crippen molar-refractivity contribution in [2.75, 3.05) is 5.88 Å². The second-order valence-corrected chi connectivity index (χ2v) is 5.31. The van der Waals surface area contributed by atoms with Crippen LogP contribution < -0.4 is 0 Å². The first-order chi connectivity index (χ1) is 7.54. The van der Waals surface area contributed by atoms with E-state index in [4.69, 9.17) is 11.6 Å². The lowest BCUT2D eigenvalue weighted by Gasteiger charge is -2.08. The highest BCUT2D eigenvalue weighted by atomic mass is 35.5. The Balaban J connectivity index is 2.77. The molecule has 0 aliphatic carbocycles. The van der Waals surface area contributed by atoms with Gasteiger partial charge in [0.1, 0.15) is 6.20 Å². The Hall–Kier alpha value is -0.810. The van der Waals surface area contributed by atoms with Crippen LogP contribution in [0.5, 0.6) is 0 Å². The highest BCUT2D eigenvalue weighted by Gasteiger charge is 2.13. The third-order valence-electron chi connectivity index (χ3n) is 2.09. The van der Waals surface area contributed by atoms with Gasteiger partial charge in [0.15, 0.2) is 0 Å². The van der Waals surface area contributed by atoms with Gasteiger partial charge >= 0.3 is 0 Å². The molecule has 1 atom stereocenters. The van der Waals surface area contributed by atoms with E-state index < -0.39 is 4.92 Å². The second kappa shape index (κ2) is 6.06. The number of halogens is 1. The van der Waals surface area contributed by atoms with Crippen molar-refractivity contribution in [3.63, 3.8) is 0 Å².